The van der Waals surface area contributed by atoms with E-state index in [1.165, 1.54) is 30.8 Å². The molecule has 1 fully saturated rings. The van der Waals surface area contributed by atoms with Crippen molar-refractivity contribution in [3.8, 4) is 0 Å². The fourth-order valence-corrected chi connectivity index (χ4v) is 4.41. The Morgan fingerprint density at radius 2 is 1.89 bits per heavy atom. The van der Waals surface area contributed by atoms with Crippen molar-refractivity contribution in [3.05, 3.63) is 46.2 Å². The zero-order chi connectivity index (χ0) is 19.7. The lowest BCUT2D eigenvalue weighted by Crippen LogP contribution is -2.37. The van der Waals surface area contributed by atoms with Crippen LogP contribution in [0.15, 0.2) is 23.4 Å². The Morgan fingerprint density at radius 1 is 1.11 bits per heavy atom. The van der Waals surface area contributed by atoms with Crippen LogP contribution in [0, 0.1) is 5.92 Å². The maximum Gasteiger partial charge on any atom is 0.253 e. The molecule has 4 rings (SSSR count). The lowest BCUT2D eigenvalue weighted by Gasteiger charge is -2.32. The molecule has 2 aromatic rings. The van der Waals surface area contributed by atoms with Gasteiger partial charge in [0.25, 0.3) is 5.56 Å². The second-order valence-corrected chi connectivity index (χ2v) is 9.51. The third kappa shape index (κ3) is 4.22. The smallest absolute Gasteiger partial charge is 0.253 e. The Balaban J connectivity index is 1.32. The van der Waals surface area contributed by atoms with Crippen LogP contribution in [0.25, 0.3) is 0 Å². The van der Waals surface area contributed by atoms with Crippen LogP contribution in [0.5, 0.6) is 0 Å². The van der Waals surface area contributed by atoms with Gasteiger partial charge in [0.05, 0.1) is 18.6 Å². The summed E-state index contributed by atoms with van der Waals surface area (Å²) < 4.78 is 4.22. The van der Waals surface area contributed by atoms with Gasteiger partial charge in [-0.25, -0.2) is 9.97 Å². The second kappa shape index (κ2) is 7.82. The normalized spacial score (nSPS) is 19.0. The van der Waals surface area contributed by atoms with Crippen LogP contribution in [0.1, 0.15) is 63.7 Å². The Labute approximate surface area is 167 Å². The molecule has 28 heavy (non-hydrogen) atoms. The first-order valence-electron chi connectivity index (χ1n) is 10.7. The number of nitrogens with zero attached hydrogens (tertiary/aromatic N) is 5. The maximum atomic E-state index is 12.5. The monoisotopic (exact) mass is 383 g/mol. The minimum absolute atomic E-state index is 0.0753. The van der Waals surface area contributed by atoms with Gasteiger partial charge in [-0.3, -0.25) is 14.3 Å². The molecule has 4 heterocycles. The summed E-state index contributed by atoms with van der Waals surface area (Å²) in [5, 5.41) is 0. The number of imidazole rings is 1. The van der Waals surface area contributed by atoms with Crippen molar-refractivity contribution in [2.24, 2.45) is 5.92 Å². The summed E-state index contributed by atoms with van der Waals surface area (Å²) in [5.41, 5.74) is 2.26. The van der Waals surface area contributed by atoms with Gasteiger partial charge < -0.3 is 4.57 Å². The van der Waals surface area contributed by atoms with Gasteiger partial charge in [-0.05, 0) is 51.1 Å². The highest BCUT2D eigenvalue weighted by molar-refractivity contribution is 5.10. The van der Waals surface area contributed by atoms with E-state index >= 15 is 0 Å². The number of hydrogen-bond acceptors (Lipinski definition) is 4. The fraction of sp³-hybridized carbons (Fsp3) is 0.682. The Kier molecular flexibility index (Phi) is 5.41. The molecule has 6 nitrogen and oxygen atoms in total. The highest BCUT2D eigenvalue weighted by Crippen LogP contribution is 2.23. The predicted molar refractivity (Wildman–Crippen MR) is 110 cm³/mol. The lowest BCUT2D eigenvalue weighted by atomic mass is 9.92. The van der Waals surface area contributed by atoms with E-state index in [2.05, 4.69) is 46.4 Å². The summed E-state index contributed by atoms with van der Waals surface area (Å²) >= 11 is 0. The number of aromatic nitrogens is 4. The quantitative estimate of drug-likeness (QED) is 0.814. The van der Waals surface area contributed by atoms with Crippen molar-refractivity contribution in [2.75, 3.05) is 13.1 Å². The van der Waals surface area contributed by atoms with Crippen molar-refractivity contribution < 1.29 is 0 Å². The Bertz CT molecular complexity index is 868. The number of fused-ring (bicyclic) bond motifs is 1. The standard InChI is InChI=1S/C22H33N5O/c1-22(2,3)19-12-21(28)26(16-24-19)14-17-7-10-25(11-8-17)15-20-23-13-18-6-4-5-9-27(18)20/h12-13,16-17H,4-11,14-15H2,1-3H3. The summed E-state index contributed by atoms with van der Waals surface area (Å²) in [4.78, 5) is 24.2. The zero-order valence-corrected chi connectivity index (χ0v) is 17.5. The van der Waals surface area contributed by atoms with Gasteiger partial charge >= 0.3 is 0 Å². The topological polar surface area (TPSA) is 56.0 Å². The van der Waals surface area contributed by atoms with Gasteiger partial charge in [-0.15, -0.1) is 0 Å². The molecular formula is C22H33N5O. The molecule has 152 valence electrons. The van der Waals surface area contributed by atoms with E-state index in [0.29, 0.717) is 5.92 Å². The summed E-state index contributed by atoms with van der Waals surface area (Å²) in [5.74, 6) is 1.77. The molecule has 2 aliphatic heterocycles. The van der Waals surface area contributed by atoms with Gasteiger partial charge in [0.2, 0.25) is 0 Å². The SMILES string of the molecule is CC(C)(C)c1cc(=O)n(CC2CCN(Cc3ncc4n3CCCC4)CC2)cn1. The van der Waals surface area contributed by atoms with Crippen LogP contribution in [0.4, 0.5) is 0 Å². The minimum Gasteiger partial charge on any atom is -0.331 e. The van der Waals surface area contributed by atoms with Crippen LogP contribution in [0.3, 0.4) is 0 Å². The largest absolute Gasteiger partial charge is 0.331 e. The van der Waals surface area contributed by atoms with Crippen LogP contribution >= 0.6 is 0 Å². The van der Waals surface area contributed by atoms with Gasteiger partial charge in [0, 0.05) is 36.5 Å². The van der Waals surface area contributed by atoms with Crippen LogP contribution in [0.2, 0.25) is 0 Å². The molecule has 0 bridgehead atoms. The maximum absolute atomic E-state index is 12.5. The second-order valence-electron chi connectivity index (χ2n) is 9.51. The van der Waals surface area contributed by atoms with Gasteiger partial charge in [0.1, 0.15) is 5.82 Å². The van der Waals surface area contributed by atoms with E-state index in [9.17, 15) is 4.79 Å². The van der Waals surface area contributed by atoms with Crippen molar-refractivity contribution in [1.29, 1.82) is 0 Å². The number of aryl methyl sites for hydroxylation is 1. The Morgan fingerprint density at radius 3 is 2.61 bits per heavy atom. The third-order valence-electron chi connectivity index (χ3n) is 6.26. The summed E-state index contributed by atoms with van der Waals surface area (Å²) in [6, 6.07) is 1.70. The van der Waals surface area contributed by atoms with E-state index in [1.54, 1.807) is 17.0 Å². The van der Waals surface area contributed by atoms with Crippen LogP contribution < -0.4 is 5.56 Å². The molecule has 0 N–H and O–H groups in total. The van der Waals surface area contributed by atoms with Gasteiger partial charge in [0.15, 0.2) is 0 Å². The average molecular weight is 384 g/mol. The summed E-state index contributed by atoms with van der Waals surface area (Å²) in [6.45, 7) is 11.3. The number of piperidine rings is 1. The van der Waals surface area contributed by atoms with E-state index < -0.39 is 0 Å². The van der Waals surface area contributed by atoms with Crippen LogP contribution in [-0.4, -0.2) is 37.1 Å². The Hall–Kier alpha value is -1.95. The molecule has 2 aromatic heterocycles. The zero-order valence-electron chi connectivity index (χ0n) is 17.5. The van der Waals surface area contributed by atoms with E-state index in [0.717, 1.165) is 51.3 Å². The number of hydrogen-bond donors (Lipinski definition) is 0. The van der Waals surface area contributed by atoms with Crippen molar-refractivity contribution in [2.45, 2.75) is 77.9 Å². The van der Waals surface area contributed by atoms with Crippen molar-refractivity contribution >= 4 is 0 Å². The average Bonchev–Trinajstić information content (AvgIpc) is 3.07. The van der Waals surface area contributed by atoms with Crippen molar-refractivity contribution in [1.82, 2.24) is 24.0 Å². The van der Waals surface area contributed by atoms with Gasteiger partial charge in [-0.1, -0.05) is 20.8 Å². The first kappa shape index (κ1) is 19.4. The summed E-state index contributed by atoms with van der Waals surface area (Å²) in [7, 11) is 0. The minimum atomic E-state index is -0.0877. The first-order valence-corrected chi connectivity index (χ1v) is 10.7. The van der Waals surface area contributed by atoms with E-state index in [4.69, 9.17) is 0 Å². The third-order valence-corrected chi connectivity index (χ3v) is 6.26. The molecule has 2 aliphatic rings. The molecule has 0 radical (unpaired) electrons. The molecule has 0 aromatic carbocycles. The van der Waals surface area contributed by atoms with Gasteiger partial charge in [-0.2, -0.15) is 0 Å². The highest BCUT2D eigenvalue weighted by Gasteiger charge is 2.23. The molecule has 0 saturated carbocycles. The fourth-order valence-electron chi connectivity index (χ4n) is 4.41. The molecule has 0 atom stereocenters. The lowest BCUT2D eigenvalue weighted by molar-refractivity contribution is 0.161. The molecule has 0 spiro atoms. The van der Waals surface area contributed by atoms with Crippen molar-refractivity contribution in [3.63, 3.8) is 0 Å². The van der Waals surface area contributed by atoms with Crippen LogP contribution in [-0.2, 0) is 31.5 Å². The molecule has 1 saturated heterocycles. The number of rotatable bonds is 4. The molecule has 0 amide bonds. The summed E-state index contributed by atoms with van der Waals surface area (Å²) in [6.07, 6.45) is 9.80. The molecule has 6 heteroatoms. The number of likely N-dealkylation sites (tertiary alicyclic amines) is 1. The molecular weight excluding hydrogens is 350 g/mol. The first-order chi connectivity index (χ1) is 13.4. The highest BCUT2D eigenvalue weighted by atomic mass is 16.1. The molecule has 0 aliphatic carbocycles. The van der Waals surface area contributed by atoms with E-state index in [1.807, 2.05) is 0 Å². The predicted octanol–water partition coefficient (Wildman–Crippen LogP) is 2.99. The van der Waals surface area contributed by atoms with E-state index in [-0.39, 0.29) is 11.0 Å². The molecule has 0 unspecified atom stereocenters.